The second-order valence-electron chi connectivity index (χ2n) is 7.60. The Morgan fingerprint density at radius 3 is 3.06 bits per heavy atom. The van der Waals surface area contributed by atoms with Crippen molar-refractivity contribution in [3.05, 3.63) is 53.2 Å². The van der Waals surface area contributed by atoms with Crippen molar-refractivity contribution >= 4 is 40.3 Å². The van der Waals surface area contributed by atoms with Gasteiger partial charge in [-0.05, 0) is 25.5 Å². The predicted molar refractivity (Wildman–Crippen MR) is 115 cm³/mol. The number of nitrogens with zero attached hydrogens (tertiary/aromatic N) is 6. The van der Waals surface area contributed by atoms with Gasteiger partial charge in [0.05, 0.1) is 29.3 Å². The van der Waals surface area contributed by atoms with Crippen LogP contribution >= 0.6 is 11.6 Å². The highest BCUT2D eigenvalue weighted by Gasteiger charge is 2.29. The van der Waals surface area contributed by atoms with E-state index >= 15 is 0 Å². The summed E-state index contributed by atoms with van der Waals surface area (Å²) in [6.07, 6.45) is 6.09. The number of anilines is 2. The molecule has 0 aromatic carbocycles. The van der Waals surface area contributed by atoms with E-state index in [0.29, 0.717) is 23.6 Å². The van der Waals surface area contributed by atoms with Gasteiger partial charge < -0.3 is 16.0 Å². The van der Waals surface area contributed by atoms with Gasteiger partial charge in [-0.1, -0.05) is 11.6 Å². The number of carbonyl (C=O) groups excluding carboxylic acids is 1. The van der Waals surface area contributed by atoms with Crippen LogP contribution in [0.5, 0.6) is 0 Å². The second-order valence-corrected chi connectivity index (χ2v) is 8.00. The average Bonchev–Trinajstić information content (AvgIpc) is 3.45. The highest BCUT2D eigenvalue weighted by Crippen LogP contribution is 2.35. The van der Waals surface area contributed by atoms with E-state index in [1.54, 1.807) is 37.1 Å². The molecule has 3 N–H and O–H groups in total. The first-order valence-electron chi connectivity index (χ1n) is 9.87. The minimum Gasteiger partial charge on any atom is -0.381 e. The largest absolute Gasteiger partial charge is 0.381 e. The number of aromatic nitrogens is 5. The zero-order valence-corrected chi connectivity index (χ0v) is 17.4. The van der Waals surface area contributed by atoms with Crippen molar-refractivity contribution in [3.63, 3.8) is 0 Å². The number of fused-ring (bicyclic) bond motifs is 2. The van der Waals surface area contributed by atoms with Crippen molar-refractivity contribution < 1.29 is 9.18 Å². The maximum atomic E-state index is 14.0. The maximum Gasteiger partial charge on any atom is 0.259 e. The summed E-state index contributed by atoms with van der Waals surface area (Å²) in [6, 6.07) is 3.04. The molecule has 1 fully saturated rings. The summed E-state index contributed by atoms with van der Waals surface area (Å²) >= 11 is 6.48. The molecule has 31 heavy (non-hydrogen) atoms. The van der Waals surface area contributed by atoms with Crippen LogP contribution in [0, 0.1) is 0 Å². The molecule has 11 heteroatoms. The Morgan fingerprint density at radius 1 is 1.45 bits per heavy atom. The van der Waals surface area contributed by atoms with Crippen LogP contribution in [-0.2, 0) is 0 Å². The van der Waals surface area contributed by atoms with Gasteiger partial charge in [-0.2, -0.15) is 0 Å². The highest BCUT2D eigenvalue weighted by atomic mass is 35.5. The van der Waals surface area contributed by atoms with Crippen LogP contribution in [0.2, 0.25) is 5.02 Å². The molecule has 2 atom stereocenters. The number of pyridine rings is 1. The molecular formula is C20H20ClFN8O. The first kappa shape index (κ1) is 19.6. The lowest BCUT2D eigenvalue weighted by molar-refractivity contribution is 0.0942. The summed E-state index contributed by atoms with van der Waals surface area (Å²) < 4.78 is 17.3. The summed E-state index contributed by atoms with van der Waals surface area (Å²) in [5.74, 6) is 0.443. The minimum absolute atomic E-state index is 0.0894. The number of imidazole rings is 1. The molecule has 5 heterocycles. The third kappa shape index (κ3) is 3.23. The maximum absolute atomic E-state index is 14.0. The van der Waals surface area contributed by atoms with Crippen LogP contribution in [0.3, 0.4) is 0 Å². The molecule has 1 aliphatic rings. The molecule has 0 radical (unpaired) electrons. The average molecular weight is 443 g/mol. The van der Waals surface area contributed by atoms with Gasteiger partial charge in [-0.3, -0.25) is 9.20 Å². The monoisotopic (exact) mass is 442 g/mol. The summed E-state index contributed by atoms with van der Waals surface area (Å²) in [6.45, 7) is 2.68. The Balaban J connectivity index is 1.54. The van der Waals surface area contributed by atoms with E-state index in [9.17, 15) is 9.18 Å². The number of nitrogen functional groups attached to an aromatic ring is 1. The molecule has 1 amide bonds. The van der Waals surface area contributed by atoms with E-state index < -0.39 is 18.1 Å². The molecule has 9 nitrogen and oxygen atoms in total. The molecule has 0 aliphatic carbocycles. The van der Waals surface area contributed by atoms with Crippen LogP contribution in [0.15, 0.2) is 37.1 Å². The Morgan fingerprint density at radius 2 is 2.29 bits per heavy atom. The number of nitrogens with one attached hydrogen (secondary N) is 1. The molecule has 1 aliphatic heterocycles. The Kier molecular flexibility index (Phi) is 4.66. The van der Waals surface area contributed by atoms with E-state index in [-0.39, 0.29) is 17.9 Å². The van der Waals surface area contributed by atoms with Gasteiger partial charge in [0, 0.05) is 24.5 Å². The molecule has 4 aromatic rings. The first-order chi connectivity index (χ1) is 14.9. The number of rotatable bonds is 4. The van der Waals surface area contributed by atoms with Gasteiger partial charge in [0.25, 0.3) is 5.91 Å². The van der Waals surface area contributed by atoms with Crippen LogP contribution in [0.1, 0.15) is 35.3 Å². The lowest BCUT2D eigenvalue weighted by Gasteiger charge is -2.26. The molecule has 1 unspecified atom stereocenters. The Bertz CT molecular complexity index is 1300. The fraction of sp³-hybridized carbons (Fsp3) is 0.300. The third-order valence-corrected chi connectivity index (χ3v) is 5.85. The summed E-state index contributed by atoms with van der Waals surface area (Å²) in [4.78, 5) is 23.5. The quantitative estimate of drug-likeness (QED) is 0.503. The van der Waals surface area contributed by atoms with Crippen molar-refractivity contribution in [1.82, 2.24) is 29.3 Å². The van der Waals surface area contributed by atoms with Crippen LogP contribution in [-0.4, -0.2) is 49.2 Å². The van der Waals surface area contributed by atoms with Crippen molar-refractivity contribution in [2.75, 3.05) is 23.7 Å². The molecule has 1 saturated heterocycles. The van der Waals surface area contributed by atoms with Crippen molar-refractivity contribution in [3.8, 4) is 0 Å². The number of nitrogens with two attached hydrogens (primary N) is 1. The third-order valence-electron chi connectivity index (χ3n) is 5.55. The zero-order valence-electron chi connectivity index (χ0n) is 16.7. The van der Waals surface area contributed by atoms with Crippen LogP contribution in [0.25, 0.3) is 11.2 Å². The van der Waals surface area contributed by atoms with E-state index in [2.05, 4.69) is 20.4 Å². The fourth-order valence-electron chi connectivity index (χ4n) is 4.09. The van der Waals surface area contributed by atoms with Gasteiger partial charge in [0.2, 0.25) is 0 Å². The topological polar surface area (TPSA) is 106 Å². The molecule has 4 aromatic heterocycles. The van der Waals surface area contributed by atoms with Gasteiger partial charge in [0.15, 0.2) is 11.5 Å². The zero-order chi connectivity index (χ0) is 21.7. The SMILES string of the molecule is CC(NC(=O)c1c(N)nn2cccnc12)c1cc(Cl)c2cncn2c1N1CC[C@@H](F)C1. The number of hydrogen-bond acceptors (Lipinski definition) is 6. The van der Waals surface area contributed by atoms with E-state index in [4.69, 9.17) is 17.3 Å². The van der Waals surface area contributed by atoms with Gasteiger partial charge in [-0.25, -0.2) is 18.9 Å². The van der Waals surface area contributed by atoms with E-state index in [0.717, 1.165) is 16.9 Å². The summed E-state index contributed by atoms with van der Waals surface area (Å²) in [7, 11) is 0. The van der Waals surface area contributed by atoms with Crippen molar-refractivity contribution in [2.45, 2.75) is 25.6 Å². The first-order valence-corrected chi connectivity index (χ1v) is 10.2. The molecular weight excluding hydrogens is 423 g/mol. The van der Waals surface area contributed by atoms with Crippen LogP contribution < -0.4 is 16.0 Å². The number of amides is 1. The molecule has 0 spiro atoms. The second kappa shape index (κ2) is 7.38. The van der Waals surface area contributed by atoms with Gasteiger partial charge in [0.1, 0.15) is 23.9 Å². The predicted octanol–water partition coefficient (Wildman–Crippen LogP) is 2.65. The highest BCUT2D eigenvalue weighted by molar-refractivity contribution is 6.34. The molecule has 0 bridgehead atoms. The number of carbonyl (C=O) groups is 1. The Hall–Kier alpha value is -3.40. The smallest absolute Gasteiger partial charge is 0.259 e. The number of halogens is 2. The summed E-state index contributed by atoms with van der Waals surface area (Å²) in [5.41, 5.74) is 8.02. The molecule has 0 saturated carbocycles. The lowest BCUT2D eigenvalue weighted by Crippen LogP contribution is -2.31. The normalized spacial score (nSPS) is 17.5. The van der Waals surface area contributed by atoms with Crippen molar-refractivity contribution in [1.29, 1.82) is 0 Å². The van der Waals surface area contributed by atoms with Gasteiger partial charge in [-0.15, -0.1) is 5.10 Å². The van der Waals surface area contributed by atoms with Crippen LogP contribution in [0.4, 0.5) is 16.0 Å². The fourth-order valence-corrected chi connectivity index (χ4v) is 4.34. The minimum atomic E-state index is -0.906. The van der Waals surface area contributed by atoms with E-state index in [1.807, 2.05) is 16.2 Å². The van der Waals surface area contributed by atoms with Crippen molar-refractivity contribution in [2.24, 2.45) is 0 Å². The van der Waals surface area contributed by atoms with Gasteiger partial charge >= 0.3 is 0 Å². The molecule has 5 rings (SSSR count). The standard InChI is InChI=1S/C20H20ClFN8O/c1-11(26-19(31)16-17(23)27-30-5-2-4-25-18(16)30)13-7-14(21)15-8-24-10-29(15)20(13)28-6-3-12(22)9-28/h2,4-5,7-8,10-12H,3,6,9H2,1H3,(H2,23,27)(H,26,31)/t11?,12-/m1/s1. The van der Waals surface area contributed by atoms with E-state index in [1.165, 1.54) is 4.52 Å². The summed E-state index contributed by atoms with van der Waals surface area (Å²) in [5, 5.41) is 7.60. The number of hydrogen-bond donors (Lipinski definition) is 2. The Labute approximate surface area is 181 Å². The lowest BCUT2D eigenvalue weighted by atomic mass is 10.1. The molecule has 160 valence electrons. The number of alkyl halides is 1.